The third-order valence-electron chi connectivity index (χ3n) is 2.37. The van der Waals surface area contributed by atoms with Gasteiger partial charge in [-0.05, 0) is 6.07 Å². The van der Waals surface area contributed by atoms with Crippen LogP contribution in [0, 0.1) is 0 Å². The van der Waals surface area contributed by atoms with Crippen molar-refractivity contribution in [3.05, 3.63) is 34.9 Å². The standard InChI is InChI=1S/C12H12ClNO4S/c1-17-12(16)11(14(7-19)6-18-8-15)9-4-2-3-5-10(9)13/h2-6,8,11H,7H2,1H3/p+1/t11-/m0/s1. The molecule has 1 aromatic carbocycles. The molecule has 102 valence electrons. The van der Waals surface area contributed by atoms with Gasteiger partial charge in [0, 0.05) is 5.56 Å². The number of carbonyl (C=O) groups is 2. The van der Waals surface area contributed by atoms with Gasteiger partial charge in [0.25, 0.3) is 6.04 Å². The van der Waals surface area contributed by atoms with Gasteiger partial charge >= 0.3 is 18.8 Å². The van der Waals surface area contributed by atoms with Gasteiger partial charge in [-0.1, -0.05) is 29.8 Å². The van der Waals surface area contributed by atoms with Gasteiger partial charge in [-0.15, -0.1) is 12.6 Å². The second-order valence-corrected chi connectivity index (χ2v) is 4.13. The largest absolute Gasteiger partial charge is 0.464 e. The average molecular weight is 303 g/mol. The topological polar surface area (TPSA) is 55.6 Å². The zero-order valence-electron chi connectivity index (χ0n) is 10.2. The molecule has 0 aromatic heterocycles. The highest BCUT2D eigenvalue weighted by Gasteiger charge is 2.33. The van der Waals surface area contributed by atoms with Crippen molar-refractivity contribution in [2.75, 3.05) is 13.0 Å². The zero-order chi connectivity index (χ0) is 14.3. The van der Waals surface area contributed by atoms with E-state index >= 15 is 0 Å². The van der Waals surface area contributed by atoms with Crippen LogP contribution in [0.3, 0.4) is 0 Å². The molecule has 19 heavy (non-hydrogen) atoms. The quantitative estimate of drug-likeness (QED) is 0.165. The first-order valence-corrected chi connectivity index (χ1v) is 6.28. The first-order chi connectivity index (χ1) is 9.15. The molecule has 5 nitrogen and oxygen atoms in total. The van der Waals surface area contributed by atoms with Crippen LogP contribution < -0.4 is 0 Å². The summed E-state index contributed by atoms with van der Waals surface area (Å²) in [5.41, 5.74) is 0.538. The summed E-state index contributed by atoms with van der Waals surface area (Å²) < 4.78 is 10.7. The Labute approximate surface area is 121 Å². The molecule has 0 saturated carbocycles. The van der Waals surface area contributed by atoms with Gasteiger partial charge in [0.2, 0.25) is 0 Å². The predicted octanol–water partition coefficient (Wildman–Crippen LogP) is 1.66. The molecule has 0 bridgehead atoms. The van der Waals surface area contributed by atoms with Gasteiger partial charge in [0.1, 0.15) is 0 Å². The number of halogens is 1. The van der Waals surface area contributed by atoms with Crippen LogP contribution in [0.5, 0.6) is 0 Å². The van der Waals surface area contributed by atoms with Gasteiger partial charge in [0.15, 0.2) is 5.88 Å². The number of methoxy groups -OCH3 is 1. The van der Waals surface area contributed by atoms with Gasteiger partial charge < -0.3 is 9.47 Å². The molecule has 0 amide bonds. The van der Waals surface area contributed by atoms with E-state index < -0.39 is 12.0 Å². The highest BCUT2D eigenvalue weighted by atomic mass is 35.5. The molecular formula is C12H13ClNO4S+. The van der Waals surface area contributed by atoms with Crippen molar-refractivity contribution in [2.24, 2.45) is 0 Å². The lowest BCUT2D eigenvalue weighted by Gasteiger charge is -2.13. The van der Waals surface area contributed by atoms with Crippen molar-refractivity contribution in [2.45, 2.75) is 6.04 Å². The number of ether oxygens (including phenoxy) is 2. The molecule has 0 fully saturated rings. The third kappa shape index (κ3) is 3.97. The maximum atomic E-state index is 11.9. The molecule has 0 N–H and O–H groups in total. The zero-order valence-corrected chi connectivity index (χ0v) is 11.8. The number of carbonyl (C=O) groups excluding carboxylic acids is 2. The number of benzene rings is 1. The summed E-state index contributed by atoms with van der Waals surface area (Å²) in [5, 5.41) is 0.407. The number of hydrogen-bond donors (Lipinski definition) is 1. The van der Waals surface area contributed by atoms with Crippen molar-refractivity contribution in [1.82, 2.24) is 0 Å². The normalized spacial score (nSPS) is 12.7. The molecular weight excluding hydrogens is 290 g/mol. The summed E-state index contributed by atoms with van der Waals surface area (Å²) in [5.74, 6) is -0.397. The van der Waals surface area contributed by atoms with Gasteiger partial charge in [0.05, 0.1) is 12.1 Å². The molecule has 0 heterocycles. The SMILES string of the molecule is COC(=O)[C@H](c1ccccc1Cl)[N+](=COC=O)CS. The highest BCUT2D eigenvalue weighted by molar-refractivity contribution is 7.80. The van der Waals surface area contributed by atoms with E-state index in [9.17, 15) is 9.59 Å². The Morgan fingerprint density at radius 1 is 1.53 bits per heavy atom. The lowest BCUT2D eigenvalue weighted by atomic mass is 10.1. The molecule has 1 aromatic rings. The van der Waals surface area contributed by atoms with Gasteiger partial charge in [-0.25, -0.2) is 4.79 Å². The molecule has 1 atom stereocenters. The van der Waals surface area contributed by atoms with Crippen LogP contribution in [0.1, 0.15) is 11.6 Å². The van der Waals surface area contributed by atoms with Crippen molar-refractivity contribution < 1.29 is 23.6 Å². The van der Waals surface area contributed by atoms with Crippen LogP contribution in [-0.2, 0) is 19.1 Å². The minimum atomic E-state index is -0.837. The Balaban J connectivity index is 3.25. The van der Waals surface area contributed by atoms with Crippen molar-refractivity contribution in [3.8, 4) is 0 Å². The number of rotatable bonds is 6. The molecule has 0 aliphatic heterocycles. The van der Waals surface area contributed by atoms with E-state index in [0.717, 1.165) is 6.40 Å². The highest BCUT2D eigenvalue weighted by Crippen LogP contribution is 2.26. The minimum Gasteiger partial charge on any atom is -0.464 e. The fourth-order valence-electron chi connectivity index (χ4n) is 1.53. The minimum absolute atomic E-state index is 0.138. The smallest absolute Gasteiger partial charge is 0.380 e. The molecule has 0 saturated heterocycles. The summed E-state index contributed by atoms with van der Waals surface area (Å²) in [6.45, 7) is 0.247. The molecule has 7 heteroatoms. The summed E-state index contributed by atoms with van der Waals surface area (Å²) in [6.07, 6.45) is 1.10. The Morgan fingerprint density at radius 3 is 2.74 bits per heavy atom. The first kappa shape index (κ1) is 15.5. The molecule has 0 aliphatic rings. The number of hydrogen-bond acceptors (Lipinski definition) is 5. The maximum Gasteiger partial charge on any atom is 0.380 e. The van der Waals surface area contributed by atoms with Gasteiger partial charge in [-0.3, -0.25) is 4.79 Å². The predicted molar refractivity (Wildman–Crippen MR) is 73.5 cm³/mol. The van der Waals surface area contributed by atoms with Crippen LogP contribution in [0.4, 0.5) is 0 Å². The third-order valence-corrected chi connectivity index (χ3v) is 3.04. The number of nitrogens with zero attached hydrogens (tertiary/aromatic N) is 1. The summed E-state index contributed by atoms with van der Waals surface area (Å²) in [7, 11) is 1.27. The number of esters is 1. The Hall–Kier alpha value is -1.53. The number of thiol groups is 1. The second-order valence-electron chi connectivity index (χ2n) is 3.44. The van der Waals surface area contributed by atoms with E-state index in [4.69, 9.17) is 16.3 Å². The monoisotopic (exact) mass is 302 g/mol. The molecule has 0 aliphatic carbocycles. The van der Waals surface area contributed by atoms with Crippen molar-refractivity contribution in [1.29, 1.82) is 0 Å². The first-order valence-electron chi connectivity index (χ1n) is 5.27. The van der Waals surface area contributed by atoms with Crippen LogP contribution in [0.2, 0.25) is 5.02 Å². The van der Waals surface area contributed by atoms with Crippen LogP contribution in [-0.4, -0.2) is 36.4 Å². The van der Waals surface area contributed by atoms with E-state index in [-0.39, 0.29) is 12.3 Å². The van der Waals surface area contributed by atoms with Crippen LogP contribution in [0.25, 0.3) is 0 Å². The van der Waals surface area contributed by atoms with E-state index in [1.54, 1.807) is 24.3 Å². The molecule has 0 radical (unpaired) electrons. The Bertz CT molecular complexity index is 492. The van der Waals surface area contributed by atoms with Crippen molar-refractivity contribution >= 4 is 43.1 Å². The maximum absolute atomic E-state index is 11.9. The summed E-state index contributed by atoms with van der Waals surface area (Å²) in [4.78, 5) is 22.2. The molecule has 0 unspecified atom stereocenters. The summed E-state index contributed by atoms with van der Waals surface area (Å²) >= 11 is 10.2. The lowest BCUT2D eigenvalue weighted by Crippen LogP contribution is -2.28. The van der Waals surface area contributed by atoms with E-state index in [1.807, 2.05) is 0 Å². The average Bonchev–Trinajstić information content (AvgIpc) is 2.44. The van der Waals surface area contributed by atoms with E-state index in [0.29, 0.717) is 10.6 Å². The van der Waals surface area contributed by atoms with Crippen LogP contribution >= 0.6 is 24.2 Å². The van der Waals surface area contributed by atoms with Crippen LogP contribution in [0.15, 0.2) is 24.3 Å². The van der Waals surface area contributed by atoms with E-state index in [2.05, 4.69) is 17.4 Å². The lowest BCUT2D eigenvalue weighted by molar-refractivity contribution is -0.543. The summed E-state index contributed by atoms with van der Waals surface area (Å²) in [6, 6.07) is 6.00. The van der Waals surface area contributed by atoms with E-state index in [1.165, 1.54) is 11.7 Å². The molecule has 0 spiro atoms. The van der Waals surface area contributed by atoms with Crippen molar-refractivity contribution in [3.63, 3.8) is 0 Å². The Kier molecular flexibility index (Phi) is 6.38. The fraction of sp³-hybridized carbons (Fsp3) is 0.250. The fourth-order valence-corrected chi connectivity index (χ4v) is 2.00. The van der Waals surface area contributed by atoms with Gasteiger partial charge in [-0.2, -0.15) is 4.58 Å². The second kappa shape index (κ2) is 7.81. The Morgan fingerprint density at radius 2 is 2.21 bits per heavy atom. The molecule has 1 rings (SSSR count).